The average Bonchev–Trinajstić information content (AvgIpc) is 2.54. The smallest absolute Gasteiger partial charge is 0.146 e. The van der Waals surface area contributed by atoms with Gasteiger partial charge in [0.05, 0.1) is 32.2 Å². The normalized spacial score (nSPS) is 11.6. The standard InChI is InChI=1S/C19H20N4O.ClH/c1-23(2,3)16-11-7-10-14-15(20)12-17(24)19(18(14)16)22-21-13-8-5-4-6-9-13;/h4-12H,1-3H3,(H2-,20,21,24);1H. The van der Waals surface area contributed by atoms with E-state index in [1.807, 2.05) is 48.5 Å². The maximum absolute atomic E-state index is 10.4. The number of phenolic OH excluding ortho intramolecular Hbond substituents is 1. The molecule has 6 heteroatoms. The average molecular weight is 357 g/mol. The van der Waals surface area contributed by atoms with Crippen molar-refractivity contribution in [2.45, 2.75) is 0 Å². The molecule has 0 heterocycles. The van der Waals surface area contributed by atoms with Gasteiger partial charge in [0.25, 0.3) is 0 Å². The van der Waals surface area contributed by atoms with Gasteiger partial charge >= 0.3 is 0 Å². The van der Waals surface area contributed by atoms with Crippen molar-refractivity contribution in [3.63, 3.8) is 0 Å². The lowest BCUT2D eigenvalue weighted by atomic mass is 10.0. The first-order valence-electron chi connectivity index (χ1n) is 7.71. The zero-order valence-electron chi connectivity index (χ0n) is 14.4. The minimum absolute atomic E-state index is 0. The zero-order chi connectivity index (χ0) is 17.3. The first kappa shape index (κ1) is 18.7. The minimum atomic E-state index is 0. The monoisotopic (exact) mass is 356 g/mol. The Bertz CT molecular complexity index is 918. The molecule has 0 spiro atoms. The molecule has 0 fully saturated rings. The van der Waals surface area contributed by atoms with Crippen LogP contribution < -0.4 is 22.6 Å². The SMILES string of the molecule is C[N+](C)(C)c1cccc2c(N)cc(O)c(N=Nc3ccccc3)c12.[Cl-]. The summed E-state index contributed by atoms with van der Waals surface area (Å²) >= 11 is 0. The van der Waals surface area contributed by atoms with E-state index in [1.54, 1.807) is 0 Å². The molecule has 25 heavy (non-hydrogen) atoms. The lowest BCUT2D eigenvalue weighted by Crippen LogP contribution is -3.00. The highest BCUT2D eigenvalue weighted by Crippen LogP contribution is 2.44. The van der Waals surface area contributed by atoms with E-state index in [9.17, 15) is 5.11 Å². The maximum Gasteiger partial charge on any atom is 0.146 e. The molecule has 3 aromatic rings. The summed E-state index contributed by atoms with van der Waals surface area (Å²) < 4.78 is 0.577. The molecule has 0 bridgehead atoms. The van der Waals surface area contributed by atoms with Crippen LogP contribution in [0, 0.1) is 0 Å². The fourth-order valence-electron chi connectivity index (χ4n) is 2.71. The number of azo groups is 1. The number of hydrogen-bond donors (Lipinski definition) is 2. The number of aromatic hydroxyl groups is 1. The third-order valence-electron chi connectivity index (χ3n) is 3.87. The second-order valence-corrected chi connectivity index (χ2v) is 6.58. The van der Waals surface area contributed by atoms with E-state index < -0.39 is 0 Å². The van der Waals surface area contributed by atoms with Crippen LogP contribution in [0.1, 0.15) is 0 Å². The number of hydrogen-bond acceptors (Lipinski definition) is 4. The molecule has 0 saturated heterocycles. The number of halogens is 1. The fourth-order valence-corrected chi connectivity index (χ4v) is 2.71. The van der Waals surface area contributed by atoms with E-state index in [0.717, 1.165) is 22.1 Å². The Morgan fingerprint density at radius 2 is 1.60 bits per heavy atom. The van der Waals surface area contributed by atoms with Crippen LogP contribution in [0.2, 0.25) is 0 Å². The van der Waals surface area contributed by atoms with Gasteiger partial charge in [-0.3, -0.25) is 4.48 Å². The predicted octanol–water partition coefficient (Wildman–Crippen LogP) is 1.74. The third-order valence-corrected chi connectivity index (χ3v) is 3.87. The highest BCUT2D eigenvalue weighted by Gasteiger charge is 2.22. The van der Waals surface area contributed by atoms with Crippen molar-refractivity contribution >= 4 is 33.5 Å². The zero-order valence-corrected chi connectivity index (χ0v) is 15.2. The molecule has 130 valence electrons. The fraction of sp³-hybridized carbons (Fsp3) is 0.158. The van der Waals surface area contributed by atoms with E-state index >= 15 is 0 Å². The van der Waals surface area contributed by atoms with Crippen molar-refractivity contribution in [1.29, 1.82) is 0 Å². The Morgan fingerprint density at radius 3 is 2.24 bits per heavy atom. The summed E-state index contributed by atoms with van der Waals surface area (Å²) in [6.07, 6.45) is 0. The number of anilines is 1. The molecule has 3 N–H and O–H groups in total. The van der Waals surface area contributed by atoms with E-state index in [0.29, 0.717) is 15.9 Å². The van der Waals surface area contributed by atoms with Gasteiger partial charge in [-0.05, 0) is 18.2 Å². The molecule has 0 aliphatic rings. The highest BCUT2D eigenvalue weighted by molar-refractivity contribution is 6.09. The number of fused-ring (bicyclic) bond motifs is 1. The molecule has 0 radical (unpaired) electrons. The molecular formula is C19H21ClN4O. The predicted molar refractivity (Wildman–Crippen MR) is 100 cm³/mol. The van der Waals surface area contributed by atoms with Crippen molar-refractivity contribution < 1.29 is 17.5 Å². The lowest BCUT2D eigenvalue weighted by molar-refractivity contribution is -0.00000612. The van der Waals surface area contributed by atoms with Crippen molar-refractivity contribution in [1.82, 2.24) is 4.48 Å². The van der Waals surface area contributed by atoms with Crippen LogP contribution in [-0.2, 0) is 0 Å². The van der Waals surface area contributed by atoms with Crippen LogP contribution in [0.4, 0.5) is 22.7 Å². The van der Waals surface area contributed by atoms with Gasteiger partial charge in [0.2, 0.25) is 0 Å². The van der Waals surface area contributed by atoms with Crippen molar-refractivity contribution in [2.24, 2.45) is 10.2 Å². The van der Waals surface area contributed by atoms with Crippen LogP contribution >= 0.6 is 0 Å². The quantitative estimate of drug-likeness (QED) is 0.426. The van der Waals surface area contributed by atoms with Crippen LogP contribution in [-0.4, -0.2) is 26.2 Å². The van der Waals surface area contributed by atoms with Crippen LogP contribution in [0.25, 0.3) is 10.8 Å². The Kier molecular flexibility index (Phi) is 5.30. The summed E-state index contributed by atoms with van der Waals surface area (Å²) in [6, 6.07) is 16.9. The van der Waals surface area contributed by atoms with Gasteiger partial charge in [0.1, 0.15) is 17.1 Å². The number of benzene rings is 3. The Hall–Kier alpha value is -2.63. The molecule has 0 saturated carbocycles. The van der Waals surface area contributed by atoms with Gasteiger partial charge in [-0.15, -0.1) is 5.11 Å². The molecule has 0 aliphatic carbocycles. The summed E-state index contributed by atoms with van der Waals surface area (Å²) in [5, 5.41) is 20.7. The number of nitrogen functional groups attached to an aromatic ring is 1. The first-order chi connectivity index (χ1) is 11.4. The topological polar surface area (TPSA) is 71.0 Å². The molecule has 3 aromatic carbocycles. The molecule has 0 aliphatic heterocycles. The van der Waals surface area contributed by atoms with Gasteiger partial charge < -0.3 is 23.2 Å². The molecular weight excluding hydrogens is 336 g/mol. The van der Waals surface area contributed by atoms with Gasteiger partial charge in [-0.25, -0.2) is 0 Å². The Morgan fingerprint density at radius 1 is 0.920 bits per heavy atom. The number of nitrogens with zero attached hydrogens (tertiary/aromatic N) is 3. The highest BCUT2D eigenvalue weighted by atomic mass is 35.5. The summed E-state index contributed by atoms with van der Waals surface area (Å²) in [5.41, 5.74) is 8.81. The minimum Gasteiger partial charge on any atom is -1.00 e. The van der Waals surface area contributed by atoms with Gasteiger partial charge in [0.15, 0.2) is 0 Å². The van der Waals surface area contributed by atoms with Crippen molar-refractivity contribution in [3.05, 3.63) is 54.6 Å². The van der Waals surface area contributed by atoms with Gasteiger partial charge in [0, 0.05) is 17.1 Å². The number of quaternary nitrogens is 1. The Balaban J connectivity index is 0.00000225. The van der Waals surface area contributed by atoms with Crippen molar-refractivity contribution in [3.8, 4) is 5.75 Å². The van der Waals surface area contributed by atoms with Gasteiger partial charge in [-0.1, -0.05) is 30.3 Å². The summed E-state index contributed by atoms with van der Waals surface area (Å²) in [6.45, 7) is 0. The summed E-state index contributed by atoms with van der Waals surface area (Å²) in [7, 11) is 6.19. The number of phenols is 1. The van der Waals surface area contributed by atoms with E-state index in [-0.39, 0.29) is 18.2 Å². The van der Waals surface area contributed by atoms with E-state index in [2.05, 4.69) is 31.4 Å². The molecule has 0 atom stereocenters. The maximum atomic E-state index is 10.4. The largest absolute Gasteiger partial charge is 1.00 e. The number of rotatable bonds is 3. The van der Waals surface area contributed by atoms with E-state index in [4.69, 9.17) is 5.73 Å². The molecule has 3 rings (SSSR count). The molecule has 0 amide bonds. The second kappa shape index (κ2) is 7.09. The molecule has 5 nitrogen and oxygen atoms in total. The van der Waals surface area contributed by atoms with E-state index in [1.165, 1.54) is 6.07 Å². The summed E-state index contributed by atoms with van der Waals surface area (Å²) in [4.78, 5) is 0. The Labute approximate surface area is 153 Å². The van der Waals surface area contributed by atoms with Gasteiger partial charge in [-0.2, -0.15) is 5.11 Å². The van der Waals surface area contributed by atoms with Crippen LogP contribution in [0.3, 0.4) is 0 Å². The third kappa shape index (κ3) is 3.73. The summed E-state index contributed by atoms with van der Waals surface area (Å²) in [5.74, 6) is 0.0283. The van der Waals surface area contributed by atoms with Crippen LogP contribution in [0.15, 0.2) is 64.8 Å². The first-order valence-corrected chi connectivity index (χ1v) is 7.71. The second-order valence-electron chi connectivity index (χ2n) is 6.58. The van der Waals surface area contributed by atoms with Crippen LogP contribution in [0.5, 0.6) is 5.75 Å². The molecule has 0 unspecified atom stereocenters. The number of nitrogens with two attached hydrogens (primary N) is 1. The van der Waals surface area contributed by atoms with Crippen molar-refractivity contribution in [2.75, 3.05) is 26.9 Å². The molecule has 0 aromatic heterocycles. The lowest BCUT2D eigenvalue weighted by Gasteiger charge is -2.25.